The highest BCUT2D eigenvalue weighted by molar-refractivity contribution is 7.22. The van der Waals surface area contributed by atoms with Crippen LogP contribution in [0.2, 0.25) is 0 Å². The molecule has 0 radical (unpaired) electrons. The number of hydrogen-bond donors (Lipinski definition) is 1. The van der Waals surface area contributed by atoms with Crippen molar-refractivity contribution in [1.29, 1.82) is 0 Å². The second-order valence-corrected chi connectivity index (χ2v) is 14.6. The van der Waals surface area contributed by atoms with Gasteiger partial charge in [-0.3, -0.25) is 0 Å². The first-order valence-corrected chi connectivity index (χ1v) is 18.0. The molecule has 0 aliphatic heterocycles. The number of anilines is 4. The van der Waals surface area contributed by atoms with E-state index in [1.54, 1.807) is 46.7 Å². The van der Waals surface area contributed by atoms with Crippen molar-refractivity contribution in [2.45, 2.75) is 53.1 Å². The van der Waals surface area contributed by atoms with Gasteiger partial charge in [0, 0.05) is 25.0 Å². The molecule has 0 bridgehead atoms. The second kappa shape index (κ2) is 16.7. The molecule has 0 spiro atoms. The smallest absolute Gasteiger partial charge is 0.410 e. The lowest BCUT2D eigenvalue weighted by Gasteiger charge is -2.23. The number of aryl methyl sites for hydroxylation is 2. The average Bonchev–Trinajstić information content (AvgIpc) is 3.71. The molecule has 0 saturated carbocycles. The first-order valence-electron chi connectivity index (χ1n) is 16.4. The van der Waals surface area contributed by atoms with Crippen molar-refractivity contribution in [1.82, 2.24) is 30.0 Å². The van der Waals surface area contributed by atoms with Crippen LogP contribution in [0.15, 0.2) is 42.6 Å². The maximum absolute atomic E-state index is 14.8. The Hall–Kier alpha value is -5.40. The number of para-hydroxylation sites is 1. The summed E-state index contributed by atoms with van der Waals surface area (Å²) in [6, 6.07) is 10.9. The highest BCUT2D eigenvalue weighted by atomic mass is 32.1. The number of esters is 1. The lowest BCUT2D eigenvalue weighted by atomic mass is 10.2. The van der Waals surface area contributed by atoms with Gasteiger partial charge in [-0.15, -0.1) is 21.5 Å². The molecule has 1 N–H and O–H groups in total. The van der Waals surface area contributed by atoms with E-state index < -0.39 is 23.5 Å². The number of aromatic nitrogens is 5. The number of benzene rings is 1. The number of halogens is 1. The SMILES string of the molecule is CCOC(=O)c1nc(N(C)c2cc(C)c(Nc3nc4ccccc4s3)nn2)sc1CCCOc1cnc(C#CCN(C)C(=O)OC(C)(C)C)cc1F. The number of nitrogens with zero attached hydrogens (tertiary/aromatic N) is 7. The van der Waals surface area contributed by atoms with Crippen molar-refractivity contribution < 1.29 is 28.2 Å². The Morgan fingerprint density at radius 1 is 1.08 bits per heavy atom. The van der Waals surface area contributed by atoms with Crippen molar-refractivity contribution in [2.24, 2.45) is 0 Å². The molecule has 5 aromatic rings. The molecular weight excluding hydrogens is 708 g/mol. The van der Waals surface area contributed by atoms with Crippen LogP contribution in [-0.4, -0.2) is 81.6 Å². The largest absolute Gasteiger partial charge is 0.489 e. The number of fused-ring (bicyclic) bond motifs is 1. The topological polar surface area (TPSA) is 145 Å². The minimum atomic E-state index is -0.622. The fourth-order valence-corrected chi connectivity index (χ4v) is 6.48. The zero-order valence-corrected chi connectivity index (χ0v) is 31.6. The number of pyridine rings is 1. The van der Waals surface area contributed by atoms with E-state index in [-0.39, 0.29) is 36.9 Å². The molecule has 5 rings (SSSR count). The van der Waals surface area contributed by atoms with E-state index in [0.29, 0.717) is 34.5 Å². The molecule has 272 valence electrons. The summed E-state index contributed by atoms with van der Waals surface area (Å²) in [5.74, 6) is 5.49. The van der Waals surface area contributed by atoms with Crippen molar-refractivity contribution in [3.8, 4) is 17.6 Å². The standard InChI is InChI=1S/C36H39FN8O5S2/c1-8-48-32(46)30-28(16-12-18-49-26-21-38-23(20-24(26)37)13-11-17-44(6)35(47)50-36(3,4)5)52-34(40-30)45(7)29-19-22(2)31(43-42-29)41-33-39-25-14-9-10-15-27(25)51-33/h9-10,14-15,19-21H,8,12,16-18H2,1-7H3,(H,39,41,43). The molecule has 1 aromatic carbocycles. The summed E-state index contributed by atoms with van der Waals surface area (Å²) in [6.45, 7) is 9.43. The number of hydrogen-bond acceptors (Lipinski definition) is 14. The number of thiazole rings is 2. The maximum Gasteiger partial charge on any atom is 0.410 e. The van der Waals surface area contributed by atoms with Crippen LogP contribution < -0.4 is 15.0 Å². The van der Waals surface area contributed by atoms with Crippen molar-refractivity contribution in [3.05, 3.63) is 70.2 Å². The minimum Gasteiger partial charge on any atom is -0.489 e. The van der Waals surface area contributed by atoms with Gasteiger partial charge in [-0.1, -0.05) is 29.4 Å². The Kier molecular flexibility index (Phi) is 12.2. The first-order chi connectivity index (χ1) is 24.8. The highest BCUT2D eigenvalue weighted by Crippen LogP contribution is 2.33. The summed E-state index contributed by atoms with van der Waals surface area (Å²) in [7, 11) is 3.36. The van der Waals surface area contributed by atoms with Crippen LogP contribution in [0.1, 0.15) is 60.7 Å². The van der Waals surface area contributed by atoms with Crippen LogP contribution >= 0.6 is 22.7 Å². The third-order valence-electron chi connectivity index (χ3n) is 7.14. The number of amides is 1. The van der Waals surface area contributed by atoms with Crippen LogP contribution in [0.25, 0.3) is 10.2 Å². The molecule has 0 fully saturated rings. The van der Waals surface area contributed by atoms with Crippen molar-refractivity contribution in [2.75, 3.05) is 44.1 Å². The summed E-state index contributed by atoms with van der Waals surface area (Å²) in [5.41, 5.74) is 1.54. The molecular formula is C36H39FN8O5S2. The van der Waals surface area contributed by atoms with Gasteiger partial charge >= 0.3 is 12.1 Å². The molecule has 0 saturated heterocycles. The van der Waals surface area contributed by atoms with Crippen LogP contribution in [0.4, 0.5) is 31.1 Å². The Balaban J connectivity index is 1.19. The van der Waals surface area contributed by atoms with Gasteiger partial charge in [0.1, 0.15) is 11.3 Å². The molecule has 0 atom stereocenters. The van der Waals surface area contributed by atoms with Gasteiger partial charge in [0.05, 0.1) is 36.2 Å². The molecule has 4 heterocycles. The first kappa shape index (κ1) is 37.8. The average molecular weight is 747 g/mol. The maximum atomic E-state index is 14.8. The molecule has 13 nitrogen and oxygen atoms in total. The summed E-state index contributed by atoms with van der Waals surface area (Å²) in [6.07, 6.45) is 1.65. The second-order valence-electron chi connectivity index (χ2n) is 12.5. The van der Waals surface area contributed by atoms with E-state index in [1.165, 1.54) is 39.8 Å². The quantitative estimate of drug-likeness (QED) is 0.0777. The van der Waals surface area contributed by atoms with Crippen LogP contribution in [0.3, 0.4) is 0 Å². The summed E-state index contributed by atoms with van der Waals surface area (Å²) < 4.78 is 32.1. The lowest BCUT2D eigenvalue weighted by Crippen LogP contribution is -2.34. The van der Waals surface area contributed by atoms with E-state index in [9.17, 15) is 14.0 Å². The van der Waals surface area contributed by atoms with E-state index in [4.69, 9.17) is 14.2 Å². The third kappa shape index (κ3) is 9.89. The van der Waals surface area contributed by atoms with Gasteiger partial charge in [0.25, 0.3) is 0 Å². The number of rotatable bonds is 12. The van der Waals surface area contributed by atoms with E-state index in [1.807, 2.05) is 37.3 Å². The molecule has 52 heavy (non-hydrogen) atoms. The summed E-state index contributed by atoms with van der Waals surface area (Å²) in [5, 5.41) is 13.3. The van der Waals surface area contributed by atoms with Crippen molar-refractivity contribution >= 4 is 66.9 Å². The number of nitrogens with one attached hydrogen (secondary N) is 1. The predicted molar refractivity (Wildman–Crippen MR) is 200 cm³/mol. The van der Waals surface area contributed by atoms with Gasteiger partial charge in [-0.25, -0.2) is 28.9 Å². The number of carbonyl (C=O) groups excluding carboxylic acids is 2. The molecule has 0 unspecified atom stereocenters. The number of ether oxygens (including phenoxy) is 3. The van der Waals surface area contributed by atoms with Crippen LogP contribution in [0.5, 0.6) is 5.75 Å². The molecule has 1 amide bonds. The minimum absolute atomic E-state index is 0.0261. The number of carbonyl (C=O) groups is 2. The van der Waals surface area contributed by atoms with Gasteiger partial charge in [-0.05, 0) is 77.1 Å². The Labute approximate surface area is 309 Å². The van der Waals surface area contributed by atoms with Crippen LogP contribution in [-0.2, 0) is 15.9 Å². The Morgan fingerprint density at radius 2 is 1.87 bits per heavy atom. The fourth-order valence-electron chi connectivity index (χ4n) is 4.56. The monoisotopic (exact) mass is 746 g/mol. The summed E-state index contributed by atoms with van der Waals surface area (Å²) >= 11 is 2.86. The molecule has 0 aliphatic rings. The normalized spacial score (nSPS) is 11.1. The Morgan fingerprint density at radius 3 is 2.58 bits per heavy atom. The van der Waals surface area contributed by atoms with Gasteiger partial charge < -0.3 is 29.3 Å². The molecule has 0 aliphatic carbocycles. The zero-order valence-electron chi connectivity index (χ0n) is 29.9. The predicted octanol–water partition coefficient (Wildman–Crippen LogP) is 7.30. The molecule has 16 heteroatoms. The van der Waals surface area contributed by atoms with Gasteiger partial charge in [0.15, 0.2) is 39.2 Å². The van der Waals surface area contributed by atoms with E-state index in [2.05, 4.69) is 42.3 Å². The zero-order chi connectivity index (χ0) is 37.4. The van der Waals surface area contributed by atoms with E-state index >= 15 is 0 Å². The van der Waals surface area contributed by atoms with Gasteiger partial charge in [-0.2, -0.15) is 0 Å². The summed E-state index contributed by atoms with van der Waals surface area (Å²) in [4.78, 5) is 42.1. The van der Waals surface area contributed by atoms with E-state index in [0.717, 1.165) is 20.9 Å². The fraction of sp³-hybridized carbons (Fsp3) is 0.361. The third-order valence-corrected chi connectivity index (χ3v) is 9.28. The lowest BCUT2D eigenvalue weighted by molar-refractivity contribution is 0.0320. The Bertz CT molecular complexity index is 2090. The van der Waals surface area contributed by atoms with Crippen LogP contribution in [0, 0.1) is 24.6 Å². The highest BCUT2D eigenvalue weighted by Gasteiger charge is 2.23. The molecule has 4 aromatic heterocycles. The van der Waals surface area contributed by atoms with Crippen molar-refractivity contribution in [3.63, 3.8) is 0 Å². The van der Waals surface area contributed by atoms with Gasteiger partial charge in [0.2, 0.25) is 0 Å².